The van der Waals surface area contributed by atoms with Crippen molar-refractivity contribution in [1.29, 1.82) is 0 Å². The first-order valence-electron chi connectivity index (χ1n) is 9.78. The smallest absolute Gasteiger partial charge is 0.127 e. The van der Waals surface area contributed by atoms with Crippen LogP contribution in [0.1, 0.15) is 31.4 Å². The minimum Gasteiger partial charge on any atom is -0.507 e. The number of nitrogens with zero attached hydrogens (tertiary/aromatic N) is 4. The average Bonchev–Trinajstić information content (AvgIpc) is 3.37. The summed E-state index contributed by atoms with van der Waals surface area (Å²) in [5.41, 5.74) is 4.09. The maximum Gasteiger partial charge on any atom is 0.127 e. The van der Waals surface area contributed by atoms with Crippen LogP contribution in [0.15, 0.2) is 55.6 Å². The molecule has 2 N–H and O–H groups in total. The van der Waals surface area contributed by atoms with Gasteiger partial charge in [-0.15, -0.1) is 5.10 Å². The fourth-order valence-electron chi connectivity index (χ4n) is 4.51. The topological polar surface area (TPSA) is 75.9 Å². The van der Waals surface area contributed by atoms with Crippen LogP contribution in [0.5, 0.6) is 5.75 Å². The van der Waals surface area contributed by atoms with Crippen molar-refractivity contribution in [3.8, 4) is 22.7 Å². The largest absolute Gasteiger partial charge is 0.507 e. The van der Waals surface area contributed by atoms with Crippen molar-refractivity contribution in [3.05, 3.63) is 61.3 Å². The van der Waals surface area contributed by atoms with E-state index in [4.69, 9.17) is 0 Å². The second-order valence-corrected chi connectivity index (χ2v) is 7.81. The predicted octanol–water partition coefficient (Wildman–Crippen LogP) is 3.58. The van der Waals surface area contributed by atoms with Gasteiger partial charge < -0.3 is 15.0 Å². The van der Waals surface area contributed by atoms with Crippen LogP contribution in [0.25, 0.3) is 22.5 Å². The Bertz CT molecular complexity index is 984. The van der Waals surface area contributed by atoms with Crippen molar-refractivity contribution in [2.24, 2.45) is 5.92 Å². The summed E-state index contributed by atoms with van der Waals surface area (Å²) in [4.78, 5) is 4.03. The molecule has 3 aromatic rings. The molecular weight excluding hydrogens is 350 g/mol. The van der Waals surface area contributed by atoms with Crippen molar-refractivity contribution < 1.29 is 5.11 Å². The molecule has 2 unspecified atom stereocenters. The first kappa shape index (κ1) is 17.1. The average molecular weight is 373 g/mol. The van der Waals surface area contributed by atoms with Crippen LogP contribution in [0.4, 0.5) is 0 Å². The highest BCUT2D eigenvalue weighted by Crippen LogP contribution is 2.38. The third-order valence-corrected chi connectivity index (χ3v) is 6.02. The minimum absolute atomic E-state index is 0.169. The van der Waals surface area contributed by atoms with Gasteiger partial charge in [0.25, 0.3) is 0 Å². The van der Waals surface area contributed by atoms with Gasteiger partial charge in [-0.1, -0.05) is 6.58 Å². The van der Waals surface area contributed by atoms with Crippen molar-refractivity contribution >= 4 is 5.57 Å². The Morgan fingerprint density at radius 3 is 2.57 bits per heavy atom. The van der Waals surface area contributed by atoms with E-state index in [2.05, 4.69) is 27.1 Å². The molecule has 2 aliphatic heterocycles. The Balaban J connectivity index is 1.36. The molecule has 2 saturated heterocycles. The zero-order chi connectivity index (χ0) is 19.1. The molecule has 6 nitrogen and oxygen atoms in total. The Morgan fingerprint density at radius 2 is 1.93 bits per heavy atom. The van der Waals surface area contributed by atoms with E-state index >= 15 is 0 Å². The van der Waals surface area contributed by atoms with Crippen LogP contribution < -0.4 is 5.32 Å². The van der Waals surface area contributed by atoms with Gasteiger partial charge in [0.1, 0.15) is 5.75 Å². The van der Waals surface area contributed by atoms with Gasteiger partial charge >= 0.3 is 0 Å². The third kappa shape index (κ3) is 3.10. The van der Waals surface area contributed by atoms with Crippen LogP contribution >= 0.6 is 0 Å². The van der Waals surface area contributed by atoms with Crippen molar-refractivity contribution in [2.75, 3.05) is 0 Å². The molecule has 4 heterocycles. The maximum atomic E-state index is 10.5. The fraction of sp³-hybridized carbons (Fsp3) is 0.318. The molecule has 0 amide bonds. The highest BCUT2D eigenvalue weighted by atomic mass is 16.3. The molecule has 2 bridgehead atoms. The lowest BCUT2D eigenvalue weighted by Gasteiger charge is -2.30. The van der Waals surface area contributed by atoms with E-state index in [1.807, 2.05) is 35.0 Å². The van der Waals surface area contributed by atoms with Crippen LogP contribution in [0, 0.1) is 5.92 Å². The van der Waals surface area contributed by atoms with Crippen LogP contribution in [-0.2, 0) is 0 Å². The molecular formula is C22H23N5O. The van der Waals surface area contributed by atoms with E-state index in [0.29, 0.717) is 29.3 Å². The highest BCUT2D eigenvalue weighted by molar-refractivity contribution is 5.70. The van der Waals surface area contributed by atoms with Gasteiger partial charge in [0.05, 0.1) is 23.4 Å². The quantitative estimate of drug-likeness (QED) is 0.731. The summed E-state index contributed by atoms with van der Waals surface area (Å²) in [6.45, 7) is 4.32. The number of phenols is 1. The summed E-state index contributed by atoms with van der Waals surface area (Å²) in [5, 5.41) is 22.9. The van der Waals surface area contributed by atoms with E-state index in [1.54, 1.807) is 18.6 Å². The zero-order valence-corrected chi connectivity index (χ0v) is 15.6. The van der Waals surface area contributed by atoms with E-state index in [1.165, 1.54) is 12.8 Å². The molecule has 28 heavy (non-hydrogen) atoms. The molecule has 2 atom stereocenters. The molecule has 5 rings (SSSR count). The van der Waals surface area contributed by atoms with Crippen molar-refractivity contribution in [1.82, 2.24) is 25.1 Å². The molecule has 2 aliphatic rings. The summed E-state index contributed by atoms with van der Waals surface area (Å²) in [5.74, 6) is 0.642. The lowest BCUT2D eigenvalue weighted by atomic mass is 9.85. The number of nitrogens with one attached hydrogen (secondary N) is 1. The summed E-state index contributed by atoms with van der Waals surface area (Å²) >= 11 is 0. The lowest BCUT2D eigenvalue weighted by Crippen LogP contribution is -2.38. The van der Waals surface area contributed by atoms with E-state index < -0.39 is 0 Å². The number of aromatic hydroxyl groups is 1. The van der Waals surface area contributed by atoms with Gasteiger partial charge in [-0.25, -0.2) is 4.98 Å². The van der Waals surface area contributed by atoms with Gasteiger partial charge in [-0.3, -0.25) is 0 Å². The number of fused-ring (bicyclic) bond motifs is 2. The molecule has 2 fully saturated rings. The zero-order valence-electron chi connectivity index (χ0n) is 15.6. The van der Waals surface area contributed by atoms with Crippen molar-refractivity contribution in [3.63, 3.8) is 0 Å². The maximum absolute atomic E-state index is 10.5. The Hall–Kier alpha value is -2.99. The third-order valence-electron chi connectivity index (χ3n) is 6.02. The first-order valence-corrected chi connectivity index (χ1v) is 9.78. The number of hydrogen-bond acceptors (Lipinski definition) is 5. The molecule has 0 radical (unpaired) electrons. The summed E-state index contributed by atoms with van der Waals surface area (Å²) in [6.07, 6.45) is 10.0. The van der Waals surface area contributed by atoms with Crippen molar-refractivity contribution in [2.45, 2.75) is 37.8 Å². The Labute approximate surface area is 164 Å². The number of aromatic nitrogens is 4. The number of benzene rings is 1. The molecule has 1 aromatic carbocycles. The van der Waals surface area contributed by atoms with Gasteiger partial charge in [-0.2, -0.15) is 5.10 Å². The number of rotatable bonds is 4. The molecule has 142 valence electrons. The Morgan fingerprint density at radius 1 is 1.11 bits per heavy atom. The first-order chi connectivity index (χ1) is 13.7. The molecule has 0 spiro atoms. The standard InChI is InChI=1S/C22H23N5O/c1-14(15-10-16-2-3-17(11-15)24-16)20-6-7-21(26-25-20)19-5-4-18(12-22(19)28)27-9-8-23-13-27/h4-9,12-13,15-17,24,28H,1-3,10-11H2. The van der Waals surface area contributed by atoms with Crippen LogP contribution in [0.2, 0.25) is 0 Å². The SMILES string of the molecule is C=C(c1ccc(-c2ccc(-n3ccnc3)cc2O)nn1)C1CC2CCC(C1)N2. The fourth-order valence-corrected chi connectivity index (χ4v) is 4.51. The summed E-state index contributed by atoms with van der Waals surface area (Å²) in [6, 6.07) is 10.6. The summed E-state index contributed by atoms with van der Waals surface area (Å²) < 4.78 is 1.84. The van der Waals surface area contributed by atoms with Crippen LogP contribution in [-0.4, -0.2) is 36.9 Å². The second kappa shape index (κ2) is 6.87. The van der Waals surface area contributed by atoms with E-state index in [9.17, 15) is 5.11 Å². The number of hydrogen-bond donors (Lipinski definition) is 2. The lowest BCUT2D eigenvalue weighted by molar-refractivity contribution is 0.351. The van der Waals surface area contributed by atoms with Gasteiger partial charge in [0.15, 0.2) is 0 Å². The molecule has 0 saturated carbocycles. The molecule has 2 aromatic heterocycles. The van der Waals surface area contributed by atoms with E-state index in [0.717, 1.165) is 29.8 Å². The number of allylic oxidation sites excluding steroid dienone is 1. The molecule has 6 heteroatoms. The molecule has 0 aliphatic carbocycles. The Kier molecular flexibility index (Phi) is 4.20. The summed E-state index contributed by atoms with van der Waals surface area (Å²) in [7, 11) is 0. The van der Waals surface area contributed by atoms with Crippen LogP contribution in [0.3, 0.4) is 0 Å². The van der Waals surface area contributed by atoms with Gasteiger partial charge in [0, 0.05) is 36.1 Å². The monoisotopic (exact) mass is 373 g/mol. The minimum atomic E-state index is 0.169. The second-order valence-electron chi connectivity index (χ2n) is 7.81. The number of imidazole rings is 1. The predicted molar refractivity (Wildman–Crippen MR) is 108 cm³/mol. The number of piperidine rings is 1. The number of phenolic OH excluding ortho intramolecular Hbond substituents is 1. The van der Waals surface area contributed by atoms with Gasteiger partial charge in [0.2, 0.25) is 0 Å². The van der Waals surface area contributed by atoms with Gasteiger partial charge in [-0.05, 0) is 61.4 Å². The normalized spacial score (nSPS) is 23.6. The van der Waals surface area contributed by atoms with E-state index in [-0.39, 0.29) is 5.75 Å². The highest BCUT2D eigenvalue weighted by Gasteiger charge is 2.35.